The first-order valence-corrected chi connectivity index (χ1v) is 4.70. The van der Waals surface area contributed by atoms with E-state index in [9.17, 15) is 4.79 Å². The molecule has 0 saturated carbocycles. The number of hydrogen-bond donors (Lipinski definition) is 0. The van der Waals surface area contributed by atoms with Crippen molar-refractivity contribution >= 4 is 17.6 Å². The second-order valence-electron chi connectivity index (χ2n) is 3.82. The van der Waals surface area contributed by atoms with Gasteiger partial charge in [0.15, 0.2) is 11.3 Å². The van der Waals surface area contributed by atoms with Gasteiger partial charge in [0.2, 0.25) is 0 Å². The van der Waals surface area contributed by atoms with E-state index in [0.29, 0.717) is 5.01 Å². The van der Waals surface area contributed by atoms with Gasteiger partial charge in [-0.3, -0.25) is 4.79 Å². The van der Waals surface area contributed by atoms with Crippen LogP contribution in [-0.2, 0) is 5.41 Å². The summed E-state index contributed by atoms with van der Waals surface area (Å²) < 4.78 is 0. The molecule has 3 heteroatoms. The molecule has 0 fully saturated rings. The van der Waals surface area contributed by atoms with Crippen molar-refractivity contribution in [2.45, 2.75) is 33.1 Å². The van der Waals surface area contributed by atoms with Crippen LogP contribution in [0.15, 0.2) is 0 Å². The molecule has 0 unspecified atom stereocenters. The van der Waals surface area contributed by atoms with E-state index in [4.69, 9.17) is 0 Å². The Morgan fingerprint density at radius 3 is 2.25 bits per heavy atom. The van der Waals surface area contributed by atoms with Gasteiger partial charge in [-0.25, -0.2) is 4.98 Å². The molecule has 0 saturated heterocycles. The molecular weight excluding hydrogens is 170 g/mol. The fourth-order valence-electron chi connectivity index (χ4n) is 1.16. The molecule has 1 aromatic rings. The maximum Gasteiger partial charge on any atom is 0.178 e. The highest BCUT2D eigenvalue weighted by molar-refractivity contribution is 7.13. The van der Waals surface area contributed by atoms with Gasteiger partial charge in [-0.1, -0.05) is 20.8 Å². The monoisotopic (exact) mass is 183 g/mol. The molecular formula is C9H13NOS. The fraction of sp³-hybridized carbons (Fsp3) is 0.556. The molecule has 1 heterocycles. The lowest BCUT2D eigenvalue weighted by Crippen LogP contribution is -2.13. The second-order valence-corrected chi connectivity index (χ2v) is 5.06. The summed E-state index contributed by atoms with van der Waals surface area (Å²) in [7, 11) is 0. The Bertz CT molecular complexity index is 296. The minimum Gasteiger partial charge on any atom is -0.295 e. The molecule has 0 aliphatic rings. The van der Waals surface area contributed by atoms with Crippen LogP contribution in [-0.4, -0.2) is 11.3 Å². The van der Waals surface area contributed by atoms with Crippen LogP contribution in [0, 0.1) is 6.92 Å². The Hall–Kier alpha value is -0.700. The summed E-state index contributed by atoms with van der Waals surface area (Å²) in [6.45, 7) is 8.31. The zero-order chi connectivity index (χ0) is 9.35. The summed E-state index contributed by atoms with van der Waals surface area (Å²) in [5.74, 6) is 0. The Balaban J connectivity index is 3.16. The van der Waals surface area contributed by atoms with E-state index in [-0.39, 0.29) is 5.41 Å². The molecule has 0 N–H and O–H groups in total. The van der Waals surface area contributed by atoms with Crippen molar-refractivity contribution in [3.05, 3.63) is 15.6 Å². The third kappa shape index (κ3) is 1.72. The predicted molar refractivity (Wildman–Crippen MR) is 50.9 cm³/mol. The zero-order valence-corrected chi connectivity index (χ0v) is 8.66. The van der Waals surface area contributed by atoms with E-state index in [1.807, 2.05) is 6.92 Å². The van der Waals surface area contributed by atoms with Crippen molar-refractivity contribution in [2.24, 2.45) is 0 Å². The molecule has 1 aromatic heterocycles. The number of thiazole rings is 1. The summed E-state index contributed by atoms with van der Waals surface area (Å²) in [6.07, 6.45) is 0.812. The van der Waals surface area contributed by atoms with Gasteiger partial charge in [0.25, 0.3) is 0 Å². The quantitative estimate of drug-likeness (QED) is 0.626. The molecule has 0 radical (unpaired) electrons. The van der Waals surface area contributed by atoms with Crippen LogP contribution in [0.5, 0.6) is 0 Å². The number of aldehydes is 1. The standard InChI is InChI=1S/C9H13NOS/c1-6-8(9(2,3)4)10-7(5-11)12-6/h5H,1-4H3. The average molecular weight is 183 g/mol. The average Bonchev–Trinajstić information content (AvgIpc) is 2.29. The first-order valence-electron chi connectivity index (χ1n) is 3.88. The van der Waals surface area contributed by atoms with E-state index >= 15 is 0 Å². The maximum atomic E-state index is 10.4. The van der Waals surface area contributed by atoms with E-state index in [1.165, 1.54) is 11.3 Å². The molecule has 0 amide bonds. The smallest absolute Gasteiger partial charge is 0.178 e. The maximum absolute atomic E-state index is 10.4. The molecule has 0 spiro atoms. The first-order chi connectivity index (χ1) is 5.45. The summed E-state index contributed by atoms with van der Waals surface area (Å²) in [6, 6.07) is 0. The van der Waals surface area contributed by atoms with Crippen molar-refractivity contribution in [1.29, 1.82) is 0 Å². The normalized spacial score (nSPS) is 11.7. The van der Waals surface area contributed by atoms with Crippen molar-refractivity contribution in [1.82, 2.24) is 4.98 Å². The summed E-state index contributed by atoms with van der Waals surface area (Å²) >= 11 is 1.46. The number of rotatable bonds is 1. The van der Waals surface area contributed by atoms with E-state index in [1.54, 1.807) is 0 Å². The Morgan fingerprint density at radius 2 is 2.00 bits per heavy atom. The van der Waals surface area contributed by atoms with Gasteiger partial charge in [0.05, 0.1) is 5.69 Å². The number of aromatic nitrogens is 1. The van der Waals surface area contributed by atoms with Gasteiger partial charge in [-0.15, -0.1) is 11.3 Å². The first kappa shape index (κ1) is 9.39. The van der Waals surface area contributed by atoms with Crippen LogP contribution in [0.3, 0.4) is 0 Å². The van der Waals surface area contributed by atoms with Gasteiger partial charge in [0, 0.05) is 10.3 Å². The third-order valence-corrected chi connectivity index (χ3v) is 2.52. The highest BCUT2D eigenvalue weighted by atomic mass is 32.1. The van der Waals surface area contributed by atoms with Crippen molar-refractivity contribution in [2.75, 3.05) is 0 Å². The molecule has 0 bridgehead atoms. The predicted octanol–water partition coefficient (Wildman–Crippen LogP) is 2.56. The van der Waals surface area contributed by atoms with E-state index < -0.39 is 0 Å². The van der Waals surface area contributed by atoms with Crippen molar-refractivity contribution < 1.29 is 4.79 Å². The third-order valence-electron chi connectivity index (χ3n) is 1.62. The Morgan fingerprint density at radius 1 is 1.42 bits per heavy atom. The number of aryl methyl sites for hydroxylation is 1. The summed E-state index contributed by atoms with van der Waals surface area (Å²) in [5, 5.41) is 0.581. The van der Waals surface area contributed by atoms with Gasteiger partial charge in [0.1, 0.15) is 0 Å². The van der Waals surface area contributed by atoms with Crippen LogP contribution in [0.1, 0.15) is 41.1 Å². The lowest BCUT2D eigenvalue weighted by molar-refractivity contribution is 0.112. The lowest BCUT2D eigenvalue weighted by atomic mass is 9.92. The molecule has 0 atom stereocenters. The molecule has 66 valence electrons. The van der Waals surface area contributed by atoms with Gasteiger partial charge in [-0.05, 0) is 6.92 Å². The van der Waals surface area contributed by atoms with Crippen LogP contribution >= 0.6 is 11.3 Å². The van der Waals surface area contributed by atoms with Gasteiger partial charge >= 0.3 is 0 Å². The topological polar surface area (TPSA) is 30.0 Å². The molecule has 0 aromatic carbocycles. The summed E-state index contributed by atoms with van der Waals surface area (Å²) in [4.78, 5) is 15.8. The minimum absolute atomic E-state index is 0.0435. The largest absolute Gasteiger partial charge is 0.295 e. The van der Waals surface area contributed by atoms with Crippen LogP contribution in [0.2, 0.25) is 0 Å². The van der Waals surface area contributed by atoms with Crippen LogP contribution < -0.4 is 0 Å². The number of carbonyl (C=O) groups excluding carboxylic acids is 1. The highest BCUT2D eigenvalue weighted by Gasteiger charge is 2.20. The lowest BCUT2D eigenvalue weighted by Gasteiger charge is -2.15. The highest BCUT2D eigenvalue weighted by Crippen LogP contribution is 2.27. The Labute approximate surface area is 76.6 Å². The van der Waals surface area contributed by atoms with E-state index in [0.717, 1.165) is 16.9 Å². The summed E-state index contributed by atoms with van der Waals surface area (Å²) in [5.41, 5.74) is 1.08. The molecule has 12 heavy (non-hydrogen) atoms. The minimum atomic E-state index is 0.0435. The second kappa shape index (κ2) is 2.98. The van der Waals surface area contributed by atoms with Crippen LogP contribution in [0.4, 0.5) is 0 Å². The van der Waals surface area contributed by atoms with Crippen LogP contribution in [0.25, 0.3) is 0 Å². The van der Waals surface area contributed by atoms with Gasteiger partial charge < -0.3 is 0 Å². The molecule has 2 nitrogen and oxygen atoms in total. The number of nitrogens with zero attached hydrogens (tertiary/aromatic N) is 1. The fourth-order valence-corrected chi connectivity index (χ4v) is 2.11. The van der Waals surface area contributed by atoms with Crippen molar-refractivity contribution in [3.63, 3.8) is 0 Å². The molecule has 0 aliphatic heterocycles. The zero-order valence-electron chi connectivity index (χ0n) is 7.84. The molecule has 1 rings (SSSR count). The number of carbonyl (C=O) groups is 1. The number of hydrogen-bond acceptors (Lipinski definition) is 3. The molecule has 0 aliphatic carbocycles. The van der Waals surface area contributed by atoms with Crippen molar-refractivity contribution in [3.8, 4) is 0 Å². The Kier molecular flexibility index (Phi) is 2.33. The SMILES string of the molecule is Cc1sc(C=O)nc1C(C)(C)C. The van der Waals surface area contributed by atoms with Gasteiger partial charge in [-0.2, -0.15) is 0 Å². The van der Waals surface area contributed by atoms with E-state index in [2.05, 4.69) is 25.8 Å².